The first kappa shape index (κ1) is 24.1. The van der Waals surface area contributed by atoms with E-state index in [4.69, 9.17) is 4.74 Å². The summed E-state index contributed by atoms with van der Waals surface area (Å²) in [5.74, 6) is 1.47. The average molecular weight is 492 g/mol. The first-order valence-electron chi connectivity index (χ1n) is 14.5. The fourth-order valence-electron chi connectivity index (χ4n) is 8.34. The van der Waals surface area contributed by atoms with E-state index in [0.717, 1.165) is 41.8 Å². The number of piperidine rings is 2. The van der Waals surface area contributed by atoms with Crippen LogP contribution in [0.5, 0.6) is 0 Å². The molecule has 0 amide bonds. The Kier molecular flexibility index (Phi) is 6.89. The number of para-hydroxylation sites is 2. The van der Waals surface area contributed by atoms with E-state index in [9.17, 15) is 9.59 Å². The minimum Gasteiger partial charge on any atom is -0.466 e. The molecule has 6 rings (SSSR count). The Labute approximate surface area is 214 Å². The van der Waals surface area contributed by atoms with Crippen LogP contribution in [-0.2, 0) is 16.0 Å². The summed E-state index contributed by atoms with van der Waals surface area (Å²) in [5, 5.41) is 0. The van der Waals surface area contributed by atoms with Gasteiger partial charge in [0.15, 0.2) is 0 Å². The van der Waals surface area contributed by atoms with Crippen molar-refractivity contribution < 1.29 is 9.53 Å². The van der Waals surface area contributed by atoms with E-state index in [2.05, 4.69) is 9.88 Å². The molecule has 0 N–H and O–H groups in total. The molecule has 1 aromatic heterocycles. The Hall–Kier alpha value is -2.21. The van der Waals surface area contributed by atoms with Crippen molar-refractivity contribution in [3.63, 3.8) is 0 Å². The molecule has 6 heteroatoms. The molecule has 1 aromatic carbocycles. The topological polar surface area (TPSA) is 64.4 Å². The number of fused-ring (bicyclic) bond motifs is 5. The zero-order chi connectivity index (χ0) is 24.6. The van der Waals surface area contributed by atoms with Crippen molar-refractivity contribution >= 4 is 17.0 Å². The van der Waals surface area contributed by atoms with Gasteiger partial charge in [-0.2, -0.15) is 0 Å². The highest BCUT2D eigenvalue weighted by Crippen LogP contribution is 2.46. The molecule has 194 valence electrons. The first-order chi connectivity index (χ1) is 17.6. The molecule has 2 aromatic rings. The number of carbonyl (C=O) groups excluding carboxylic acids is 1. The predicted octanol–water partition coefficient (Wildman–Crippen LogP) is 5.42. The summed E-state index contributed by atoms with van der Waals surface area (Å²) in [6.07, 6.45) is 15.7. The lowest BCUT2D eigenvalue weighted by atomic mass is 9.73. The number of carbonyl (C=O) groups is 1. The zero-order valence-corrected chi connectivity index (χ0v) is 21.7. The molecule has 2 aliphatic heterocycles. The van der Waals surface area contributed by atoms with Crippen LogP contribution in [0.15, 0.2) is 29.1 Å². The van der Waals surface area contributed by atoms with Crippen LogP contribution >= 0.6 is 0 Å². The lowest BCUT2D eigenvalue weighted by Gasteiger charge is -2.54. The maximum absolute atomic E-state index is 13.8. The molecule has 5 atom stereocenters. The molecule has 3 heterocycles. The Morgan fingerprint density at radius 1 is 0.889 bits per heavy atom. The highest BCUT2D eigenvalue weighted by Gasteiger charge is 2.45. The third-order valence-corrected chi connectivity index (χ3v) is 9.62. The summed E-state index contributed by atoms with van der Waals surface area (Å²) < 4.78 is 7.15. The number of benzene rings is 1. The minimum atomic E-state index is -0.380. The molecule has 4 bridgehead atoms. The molecule has 2 saturated heterocycles. The van der Waals surface area contributed by atoms with E-state index < -0.39 is 0 Å². The van der Waals surface area contributed by atoms with Gasteiger partial charge in [-0.25, -0.2) is 4.98 Å². The third kappa shape index (κ3) is 4.62. The van der Waals surface area contributed by atoms with Crippen LogP contribution in [0.25, 0.3) is 11.0 Å². The van der Waals surface area contributed by atoms with Crippen LogP contribution in [0.4, 0.5) is 0 Å². The molecular weight excluding hydrogens is 450 g/mol. The number of hydrogen-bond acceptors (Lipinski definition) is 5. The second-order valence-corrected chi connectivity index (χ2v) is 11.9. The van der Waals surface area contributed by atoms with E-state index >= 15 is 0 Å². The van der Waals surface area contributed by atoms with Gasteiger partial charge in [-0.3, -0.25) is 14.5 Å². The fraction of sp³-hybridized carbons (Fsp3) is 0.700. The Morgan fingerprint density at radius 2 is 1.58 bits per heavy atom. The van der Waals surface area contributed by atoms with Gasteiger partial charge in [0.25, 0.3) is 5.56 Å². The number of rotatable bonds is 5. The molecule has 4 unspecified atom stereocenters. The SMILES string of the molecule is CCOC(=O)Cc1nc2ccccc2n(C2CC3CCC[C@H](C2)N3C2CC3CCCCC(C3)C2)c1=O. The van der Waals surface area contributed by atoms with Crippen molar-refractivity contribution in [3.8, 4) is 0 Å². The standard InChI is InChI=1S/C30H41N3O3/c1-2-36-29(34)19-27-30(35)33(28-13-6-5-12-26(28)31-27)25-17-22-10-7-11-23(18-25)32(22)24-15-20-8-3-4-9-21(14-20)16-24/h5-6,12-13,20-25H,2-4,7-11,14-19H2,1H3/t20?,21?,22-,23?,24?,25?/m1/s1. The number of aromatic nitrogens is 2. The highest BCUT2D eigenvalue weighted by molar-refractivity contribution is 5.77. The van der Waals surface area contributed by atoms with Crippen molar-refractivity contribution in [3.05, 3.63) is 40.3 Å². The number of ether oxygens (including phenoxy) is 1. The number of nitrogens with zero attached hydrogens (tertiary/aromatic N) is 3. The summed E-state index contributed by atoms with van der Waals surface area (Å²) in [4.78, 5) is 33.6. The van der Waals surface area contributed by atoms with E-state index in [1.165, 1.54) is 64.2 Å². The van der Waals surface area contributed by atoms with Gasteiger partial charge >= 0.3 is 5.97 Å². The van der Waals surface area contributed by atoms with Crippen molar-refractivity contribution in [2.45, 2.75) is 115 Å². The molecular formula is C30H41N3O3. The molecule has 0 radical (unpaired) electrons. The maximum Gasteiger partial charge on any atom is 0.312 e. The molecule has 6 nitrogen and oxygen atoms in total. The van der Waals surface area contributed by atoms with E-state index in [-0.39, 0.29) is 24.0 Å². The molecule has 4 aliphatic rings. The van der Waals surface area contributed by atoms with Gasteiger partial charge in [-0.05, 0) is 75.8 Å². The smallest absolute Gasteiger partial charge is 0.312 e. The second-order valence-electron chi connectivity index (χ2n) is 11.9. The lowest BCUT2D eigenvalue weighted by molar-refractivity contribution is -0.142. The van der Waals surface area contributed by atoms with Gasteiger partial charge in [0.2, 0.25) is 0 Å². The first-order valence-corrected chi connectivity index (χ1v) is 14.5. The summed E-state index contributed by atoms with van der Waals surface area (Å²) in [5.41, 5.74) is 1.90. The Morgan fingerprint density at radius 3 is 2.28 bits per heavy atom. The lowest BCUT2D eigenvalue weighted by Crippen LogP contribution is -2.58. The van der Waals surface area contributed by atoms with E-state index in [1.807, 2.05) is 28.8 Å². The Bertz CT molecular complexity index is 1130. The van der Waals surface area contributed by atoms with Gasteiger partial charge in [0.05, 0.1) is 24.1 Å². The van der Waals surface area contributed by atoms with Crippen LogP contribution in [0.1, 0.15) is 95.7 Å². The van der Waals surface area contributed by atoms with Gasteiger partial charge in [0, 0.05) is 24.2 Å². The highest BCUT2D eigenvalue weighted by atomic mass is 16.5. The molecule has 2 saturated carbocycles. The third-order valence-electron chi connectivity index (χ3n) is 9.62. The van der Waals surface area contributed by atoms with Crippen LogP contribution in [0, 0.1) is 11.8 Å². The largest absolute Gasteiger partial charge is 0.466 e. The summed E-state index contributed by atoms with van der Waals surface area (Å²) in [6, 6.07) is 9.92. The van der Waals surface area contributed by atoms with Crippen LogP contribution in [-0.4, -0.2) is 45.2 Å². The molecule has 2 aliphatic carbocycles. The van der Waals surface area contributed by atoms with Crippen molar-refractivity contribution in [1.82, 2.24) is 14.5 Å². The average Bonchev–Trinajstić information content (AvgIpc) is 3.03. The summed E-state index contributed by atoms with van der Waals surface area (Å²) >= 11 is 0. The summed E-state index contributed by atoms with van der Waals surface area (Å²) in [6.45, 7) is 2.10. The second kappa shape index (κ2) is 10.3. The summed E-state index contributed by atoms with van der Waals surface area (Å²) in [7, 11) is 0. The number of hydrogen-bond donors (Lipinski definition) is 0. The molecule has 36 heavy (non-hydrogen) atoms. The maximum atomic E-state index is 13.8. The predicted molar refractivity (Wildman–Crippen MR) is 141 cm³/mol. The minimum absolute atomic E-state index is 0.0614. The fourth-order valence-corrected chi connectivity index (χ4v) is 8.34. The van der Waals surface area contributed by atoms with Crippen LogP contribution < -0.4 is 5.56 Å². The monoisotopic (exact) mass is 491 g/mol. The molecule has 0 spiro atoms. The van der Waals surface area contributed by atoms with Crippen molar-refractivity contribution in [2.75, 3.05) is 6.61 Å². The van der Waals surface area contributed by atoms with Gasteiger partial charge < -0.3 is 9.30 Å². The van der Waals surface area contributed by atoms with Gasteiger partial charge in [-0.1, -0.05) is 44.2 Å². The normalized spacial score (nSPS) is 32.7. The molecule has 4 fully saturated rings. The van der Waals surface area contributed by atoms with Crippen LogP contribution in [0.2, 0.25) is 0 Å². The zero-order valence-electron chi connectivity index (χ0n) is 21.7. The van der Waals surface area contributed by atoms with E-state index in [1.54, 1.807) is 6.92 Å². The van der Waals surface area contributed by atoms with Crippen molar-refractivity contribution in [1.29, 1.82) is 0 Å². The van der Waals surface area contributed by atoms with Gasteiger partial charge in [-0.15, -0.1) is 0 Å². The van der Waals surface area contributed by atoms with Crippen molar-refractivity contribution in [2.24, 2.45) is 11.8 Å². The van der Waals surface area contributed by atoms with Crippen LogP contribution in [0.3, 0.4) is 0 Å². The van der Waals surface area contributed by atoms with Gasteiger partial charge in [0.1, 0.15) is 5.69 Å². The Balaban J connectivity index is 1.31. The quantitative estimate of drug-likeness (QED) is 0.523. The van der Waals surface area contributed by atoms with E-state index in [0.29, 0.717) is 24.4 Å². The number of esters is 1.